The van der Waals surface area contributed by atoms with Crippen LogP contribution in [0, 0.1) is 5.41 Å². The molecule has 1 N–H and O–H groups in total. The summed E-state index contributed by atoms with van der Waals surface area (Å²) < 4.78 is 10.7. The fourth-order valence-corrected chi connectivity index (χ4v) is 1.60. The summed E-state index contributed by atoms with van der Waals surface area (Å²) in [5.41, 5.74) is 0.368. The molecule has 0 amide bonds. The lowest BCUT2D eigenvalue weighted by Gasteiger charge is -2.42. The second-order valence-corrected chi connectivity index (χ2v) is 3.55. The van der Waals surface area contributed by atoms with Gasteiger partial charge in [0.15, 0.2) is 0 Å². The van der Waals surface area contributed by atoms with E-state index >= 15 is 0 Å². The second-order valence-electron chi connectivity index (χ2n) is 3.55. The van der Waals surface area contributed by atoms with Gasteiger partial charge in [-0.2, -0.15) is 0 Å². The van der Waals surface area contributed by atoms with Gasteiger partial charge in [-0.05, 0) is 13.0 Å². The van der Waals surface area contributed by atoms with Crippen molar-refractivity contribution in [3.63, 3.8) is 0 Å². The molecule has 2 aliphatic heterocycles. The Bertz CT molecular complexity index is 124. The van der Waals surface area contributed by atoms with Gasteiger partial charge in [-0.1, -0.05) is 0 Å². The van der Waals surface area contributed by atoms with Crippen molar-refractivity contribution in [1.82, 2.24) is 5.32 Å². The topological polar surface area (TPSA) is 30.5 Å². The first-order valence-electron chi connectivity index (χ1n) is 4.28. The minimum absolute atomic E-state index is 0.368. The average Bonchev–Trinajstić information content (AvgIpc) is 1.82. The molecule has 0 radical (unpaired) electrons. The van der Waals surface area contributed by atoms with Crippen molar-refractivity contribution < 1.29 is 9.47 Å². The van der Waals surface area contributed by atoms with Gasteiger partial charge in [-0.3, -0.25) is 0 Å². The van der Waals surface area contributed by atoms with Gasteiger partial charge in [-0.25, -0.2) is 0 Å². The minimum Gasteiger partial charge on any atom is -0.380 e. The molecule has 0 aromatic rings. The van der Waals surface area contributed by atoms with Crippen molar-refractivity contribution in [3.8, 4) is 0 Å². The van der Waals surface area contributed by atoms with Gasteiger partial charge in [-0.15, -0.1) is 0 Å². The quantitative estimate of drug-likeness (QED) is 0.537. The van der Waals surface area contributed by atoms with E-state index in [9.17, 15) is 0 Å². The molecule has 0 aromatic carbocycles. The van der Waals surface area contributed by atoms with Crippen molar-refractivity contribution >= 4 is 0 Å². The van der Waals surface area contributed by atoms with Gasteiger partial charge >= 0.3 is 0 Å². The third-order valence-electron chi connectivity index (χ3n) is 2.48. The highest BCUT2D eigenvalue weighted by Crippen LogP contribution is 2.31. The van der Waals surface area contributed by atoms with Gasteiger partial charge in [0.2, 0.25) is 0 Å². The Hall–Kier alpha value is -0.120. The molecule has 2 heterocycles. The SMILES string of the molecule is C1COCC2(CCN1)COC2. The number of rotatable bonds is 0. The average molecular weight is 157 g/mol. The first-order chi connectivity index (χ1) is 5.41. The summed E-state index contributed by atoms with van der Waals surface area (Å²) in [5.74, 6) is 0. The maximum atomic E-state index is 5.49. The summed E-state index contributed by atoms with van der Waals surface area (Å²) in [6.07, 6.45) is 1.20. The lowest BCUT2D eigenvalue weighted by molar-refractivity contribution is -0.155. The molecule has 0 aliphatic carbocycles. The monoisotopic (exact) mass is 157 g/mol. The predicted octanol–water partition coefficient (Wildman–Crippen LogP) is 0.0129. The Morgan fingerprint density at radius 1 is 1.00 bits per heavy atom. The molecule has 2 fully saturated rings. The Labute approximate surface area is 67.1 Å². The van der Waals surface area contributed by atoms with Crippen molar-refractivity contribution in [1.29, 1.82) is 0 Å². The zero-order chi connectivity index (χ0) is 7.57. The molecule has 2 aliphatic rings. The molecular weight excluding hydrogens is 142 g/mol. The zero-order valence-corrected chi connectivity index (χ0v) is 6.77. The molecule has 3 nitrogen and oxygen atoms in total. The van der Waals surface area contributed by atoms with Crippen LogP contribution >= 0.6 is 0 Å². The van der Waals surface area contributed by atoms with Gasteiger partial charge < -0.3 is 14.8 Å². The maximum absolute atomic E-state index is 5.49. The largest absolute Gasteiger partial charge is 0.380 e. The summed E-state index contributed by atoms with van der Waals surface area (Å²) in [7, 11) is 0. The van der Waals surface area contributed by atoms with Crippen LogP contribution in [0.3, 0.4) is 0 Å². The number of ether oxygens (including phenoxy) is 2. The lowest BCUT2D eigenvalue weighted by atomic mass is 9.83. The van der Waals surface area contributed by atoms with E-state index in [-0.39, 0.29) is 0 Å². The summed E-state index contributed by atoms with van der Waals surface area (Å²) in [6.45, 7) is 5.66. The van der Waals surface area contributed by atoms with E-state index in [1.807, 2.05) is 0 Å². The molecule has 0 saturated carbocycles. The Morgan fingerprint density at radius 3 is 2.55 bits per heavy atom. The van der Waals surface area contributed by atoms with Crippen molar-refractivity contribution in [2.45, 2.75) is 6.42 Å². The Balaban J connectivity index is 1.86. The van der Waals surface area contributed by atoms with E-state index < -0.39 is 0 Å². The van der Waals surface area contributed by atoms with E-state index in [0.29, 0.717) is 5.41 Å². The highest BCUT2D eigenvalue weighted by atomic mass is 16.5. The van der Waals surface area contributed by atoms with Crippen LogP contribution in [0.2, 0.25) is 0 Å². The number of nitrogens with one attached hydrogen (secondary N) is 1. The van der Waals surface area contributed by atoms with Gasteiger partial charge in [0.1, 0.15) is 0 Å². The Morgan fingerprint density at radius 2 is 1.82 bits per heavy atom. The van der Waals surface area contributed by atoms with Crippen LogP contribution in [0.15, 0.2) is 0 Å². The summed E-state index contributed by atoms with van der Waals surface area (Å²) in [5, 5.41) is 3.33. The van der Waals surface area contributed by atoms with Crippen molar-refractivity contribution in [2.24, 2.45) is 5.41 Å². The lowest BCUT2D eigenvalue weighted by Crippen LogP contribution is -2.49. The van der Waals surface area contributed by atoms with Crippen LogP contribution in [-0.2, 0) is 9.47 Å². The fourth-order valence-electron chi connectivity index (χ4n) is 1.60. The van der Waals surface area contributed by atoms with Crippen molar-refractivity contribution in [3.05, 3.63) is 0 Å². The highest BCUT2D eigenvalue weighted by Gasteiger charge is 2.38. The number of hydrogen-bond acceptors (Lipinski definition) is 3. The molecule has 64 valence electrons. The van der Waals surface area contributed by atoms with Crippen LogP contribution in [0.4, 0.5) is 0 Å². The van der Waals surface area contributed by atoms with E-state index in [4.69, 9.17) is 9.47 Å². The molecule has 11 heavy (non-hydrogen) atoms. The predicted molar refractivity (Wildman–Crippen MR) is 41.6 cm³/mol. The minimum atomic E-state index is 0.368. The van der Waals surface area contributed by atoms with E-state index in [1.54, 1.807) is 0 Å². The van der Waals surface area contributed by atoms with Gasteiger partial charge in [0.05, 0.1) is 26.4 Å². The van der Waals surface area contributed by atoms with Gasteiger partial charge in [0, 0.05) is 12.0 Å². The van der Waals surface area contributed by atoms with E-state index in [1.165, 1.54) is 6.42 Å². The van der Waals surface area contributed by atoms with Crippen LogP contribution in [0.5, 0.6) is 0 Å². The van der Waals surface area contributed by atoms with Crippen LogP contribution in [0.25, 0.3) is 0 Å². The van der Waals surface area contributed by atoms with E-state index in [0.717, 1.165) is 39.5 Å². The van der Waals surface area contributed by atoms with Gasteiger partial charge in [0.25, 0.3) is 0 Å². The summed E-state index contributed by atoms with van der Waals surface area (Å²) >= 11 is 0. The zero-order valence-electron chi connectivity index (χ0n) is 6.77. The van der Waals surface area contributed by atoms with Crippen LogP contribution < -0.4 is 5.32 Å². The van der Waals surface area contributed by atoms with E-state index in [2.05, 4.69) is 5.32 Å². The fraction of sp³-hybridized carbons (Fsp3) is 1.00. The first-order valence-corrected chi connectivity index (χ1v) is 4.28. The molecule has 0 bridgehead atoms. The molecule has 0 unspecified atom stereocenters. The van der Waals surface area contributed by atoms with Crippen LogP contribution in [0.1, 0.15) is 6.42 Å². The smallest absolute Gasteiger partial charge is 0.0591 e. The first kappa shape index (κ1) is 7.53. The molecule has 1 spiro atoms. The second kappa shape index (κ2) is 3.09. The number of hydrogen-bond donors (Lipinski definition) is 1. The van der Waals surface area contributed by atoms with Crippen LogP contribution in [-0.4, -0.2) is 39.5 Å². The maximum Gasteiger partial charge on any atom is 0.0591 e. The third kappa shape index (κ3) is 1.55. The van der Waals surface area contributed by atoms with Crippen molar-refractivity contribution in [2.75, 3.05) is 39.5 Å². The molecule has 3 heteroatoms. The molecular formula is C8H15NO2. The molecule has 2 saturated heterocycles. The molecule has 2 rings (SSSR count). The summed E-state index contributed by atoms with van der Waals surface area (Å²) in [4.78, 5) is 0. The Kier molecular flexibility index (Phi) is 2.11. The summed E-state index contributed by atoms with van der Waals surface area (Å²) in [6, 6.07) is 0. The molecule has 0 atom stereocenters. The third-order valence-corrected chi connectivity index (χ3v) is 2.48. The highest BCUT2D eigenvalue weighted by molar-refractivity contribution is 4.86. The normalized spacial score (nSPS) is 30.5. The standard InChI is InChI=1S/C8H15NO2/c1-2-9-3-4-10-5-8(1)6-11-7-8/h9H,1-7H2. The molecule has 0 aromatic heterocycles.